The van der Waals surface area contributed by atoms with Crippen molar-refractivity contribution in [1.29, 1.82) is 0 Å². The Morgan fingerprint density at radius 3 is 1.89 bits per heavy atom. The number of rotatable bonds is 5. The molecule has 108 valence electrons. The van der Waals surface area contributed by atoms with E-state index in [1.54, 1.807) is 0 Å². The number of nitrogens with zero attached hydrogens (tertiary/aromatic N) is 6. The van der Waals surface area contributed by atoms with Gasteiger partial charge in [0.1, 0.15) is 0 Å². The van der Waals surface area contributed by atoms with Gasteiger partial charge >= 0.3 is 0 Å². The summed E-state index contributed by atoms with van der Waals surface area (Å²) in [5.74, 6) is 0. The summed E-state index contributed by atoms with van der Waals surface area (Å²) in [6.45, 7) is 2.73. The monoisotopic (exact) mass is 291 g/mol. The third-order valence-corrected chi connectivity index (χ3v) is 2.87. The Labute approximate surface area is 117 Å². The normalized spacial score (nSPS) is 26.9. The van der Waals surface area contributed by atoms with E-state index in [9.17, 15) is 0 Å². The molecule has 2 aliphatic heterocycles. The molecule has 19 heavy (non-hydrogen) atoms. The first kappa shape index (κ1) is 17.8. The van der Waals surface area contributed by atoms with Crippen LogP contribution in [0.5, 0.6) is 0 Å². The average molecular weight is 292 g/mol. The van der Waals surface area contributed by atoms with Gasteiger partial charge < -0.3 is 15.2 Å². The fraction of sp³-hybridized carbons (Fsp3) is 1.00. The van der Waals surface area contributed by atoms with Gasteiger partial charge in [0.25, 0.3) is 0 Å². The first-order chi connectivity index (χ1) is 8.76. The lowest BCUT2D eigenvalue weighted by Gasteiger charge is -2.39. The molecule has 2 heterocycles. The van der Waals surface area contributed by atoms with Gasteiger partial charge in [-0.05, 0) is 17.5 Å². The summed E-state index contributed by atoms with van der Waals surface area (Å²) >= 11 is 0. The standard InChI is InChI=1S/C5H8N6O.C4H9NO.ClH/c6-10-8-3-5(1-2-12-5)4-9-11-7;5-3-4-1-2-6-4;/h1-4H2;4H,1-3,5H2;1H. The van der Waals surface area contributed by atoms with Gasteiger partial charge in [0, 0.05) is 29.4 Å². The number of halogens is 1. The van der Waals surface area contributed by atoms with Crippen LogP contribution in [0.15, 0.2) is 10.2 Å². The summed E-state index contributed by atoms with van der Waals surface area (Å²) in [5.41, 5.74) is 20.8. The molecule has 0 aliphatic carbocycles. The van der Waals surface area contributed by atoms with Crippen molar-refractivity contribution in [3.8, 4) is 0 Å². The molecule has 1 atom stereocenters. The van der Waals surface area contributed by atoms with Crippen molar-refractivity contribution in [2.75, 3.05) is 32.8 Å². The number of hydrogen-bond donors (Lipinski definition) is 1. The minimum absolute atomic E-state index is 0. The molecule has 2 saturated heterocycles. The lowest BCUT2D eigenvalue weighted by Crippen LogP contribution is -2.48. The van der Waals surface area contributed by atoms with Crippen LogP contribution in [0.2, 0.25) is 0 Å². The third-order valence-electron chi connectivity index (χ3n) is 2.87. The molecule has 0 bridgehead atoms. The van der Waals surface area contributed by atoms with Crippen LogP contribution in [0.3, 0.4) is 0 Å². The predicted molar refractivity (Wildman–Crippen MR) is 72.0 cm³/mol. The second-order valence-electron chi connectivity index (χ2n) is 4.08. The fourth-order valence-corrected chi connectivity index (χ4v) is 1.48. The molecule has 0 aromatic heterocycles. The maximum atomic E-state index is 8.07. The van der Waals surface area contributed by atoms with Gasteiger partial charge in [-0.1, -0.05) is 10.2 Å². The van der Waals surface area contributed by atoms with Gasteiger partial charge in [-0.25, -0.2) is 0 Å². The van der Waals surface area contributed by atoms with Crippen molar-refractivity contribution < 1.29 is 9.47 Å². The predicted octanol–water partition coefficient (Wildman–Crippen LogP) is 1.92. The molecule has 0 aromatic carbocycles. The molecular weight excluding hydrogens is 274 g/mol. The van der Waals surface area contributed by atoms with Crippen LogP contribution < -0.4 is 5.73 Å². The van der Waals surface area contributed by atoms with Crippen molar-refractivity contribution >= 4 is 12.4 Å². The molecule has 2 fully saturated rings. The smallest absolute Gasteiger partial charge is 0.0816 e. The maximum Gasteiger partial charge on any atom is 0.0816 e. The van der Waals surface area contributed by atoms with E-state index in [0.717, 1.165) is 19.4 Å². The zero-order chi connectivity index (χ0) is 13.3. The fourth-order valence-electron chi connectivity index (χ4n) is 1.48. The van der Waals surface area contributed by atoms with Crippen molar-refractivity contribution in [3.05, 3.63) is 20.9 Å². The van der Waals surface area contributed by atoms with Crippen molar-refractivity contribution in [2.45, 2.75) is 24.5 Å². The summed E-state index contributed by atoms with van der Waals surface area (Å²) in [6.07, 6.45) is 2.34. The first-order valence-corrected chi connectivity index (χ1v) is 5.74. The Morgan fingerprint density at radius 2 is 1.74 bits per heavy atom. The molecule has 0 saturated carbocycles. The average Bonchev–Trinajstić information content (AvgIpc) is 2.27. The van der Waals surface area contributed by atoms with Crippen molar-refractivity contribution in [3.63, 3.8) is 0 Å². The maximum absolute atomic E-state index is 8.07. The van der Waals surface area contributed by atoms with E-state index < -0.39 is 5.60 Å². The SMILES string of the molecule is Cl.NCC1CCO1.[N-]=[N+]=NCC1(CN=[N+]=[N-])CCO1. The largest absolute Gasteiger partial charge is 0.377 e. The van der Waals surface area contributed by atoms with Crippen LogP contribution in [0.1, 0.15) is 12.8 Å². The molecule has 0 radical (unpaired) electrons. The molecule has 1 unspecified atom stereocenters. The summed E-state index contributed by atoms with van der Waals surface area (Å²) in [4.78, 5) is 5.24. The van der Waals surface area contributed by atoms with E-state index in [0.29, 0.717) is 19.3 Å². The molecule has 2 aliphatic rings. The Bertz CT molecular complexity index is 322. The Morgan fingerprint density at radius 1 is 1.21 bits per heavy atom. The highest BCUT2D eigenvalue weighted by molar-refractivity contribution is 5.85. The Hall–Kier alpha value is -1.21. The van der Waals surface area contributed by atoms with Crippen molar-refractivity contribution in [2.24, 2.45) is 16.0 Å². The second-order valence-corrected chi connectivity index (χ2v) is 4.08. The van der Waals surface area contributed by atoms with Crippen LogP contribution in [-0.4, -0.2) is 44.6 Å². The summed E-state index contributed by atoms with van der Waals surface area (Å²) in [5, 5.41) is 6.78. The van der Waals surface area contributed by atoms with Gasteiger partial charge in [-0.2, -0.15) is 0 Å². The molecule has 0 spiro atoms. The van der Waals surface area contributed by atoms with Crippen LogP contribution in [0.4, 0.5) is 0 Å². The van der Waals surface area contributed by atoms with E-state index in [-0.39, 0.29) is 25.5 Å². The van der Waals surface area contributed by atoms with E-state index in [1.165, 1.54) is 0 Å². The minimum atomic E-state index is -0.515. The van der Waals surface area contributed by atoms with Crippen molar-refractivity contribution in [1.82, 2.24) is 0 Å². The summed E-state index contributed by atoms with van der Waals surface area (Å²) < 4.78 is 10.1. The number of hydrogen-bond acceptors (Lipinski definition) is 5. The minimum Gasteiger partial charge on any atom is -0.377 e. The third kappa shape index (κ3) is 5.98. The molecule has 2 rings (SSSR count). The highest BCUT2D eigenvalue weighted by Crippen LogP contribution is 2.27. The van der Waals surface area contributed by atoms with Gasteiger partial charge in [-0.15, -0.1) is 12.4 Å². The molecular formula is C9H18ClN7O2. The Kier molecular flexibility index (Phi) is 9.07. The lowest BCUT2D eigenvalue weighted by molar-refractivity contribution is -0.132. The molecule has 0 aromatic rings. The molecule has 2 N–H and O–H groups in total. The zero-order valence-corrected chi connectivity index (χ0v) is 11.3. The summed E-state index contributed by atoms with van der Waals surface area (Å²) in [6, 6.07) is 0. The number of ether oxygens (including phenoxy) is 2. The zero-order valence-electron chi connectivity index (χ0n) is 10.5. The first-order valence-electron chi connectivity index (χ1n) is 5.74. The summed E-state index contributed by atoms with van der Waals surface area (Å²) in [7, 11) is 0. The molecule has 10 heteroatoms. The second kappa shape index (κ2) is 9.69. The van der Waals surface area contributed by atoms with E-state index >= 15 is 0 Å². The molecule has 9 nitrogen and oxygen atoms in total. The number of nitrogens with two attached hydrogens (primary N) is 1. The van der Waals surface area contributed by atoms with Gasteiger partial charge in [0.15, 0.2) is 0 Å². The van der Waals surface area contributed by atoms with E-state index in [1.807, 2.05) is 0 Å². The lowest BCUT2D eigenvalue weighted by atomic mass is 9.95. The van der Waals surface area contributed by atoms with Crippen LogP contribution in [0, 0.1) is 0 Å². The topological polar surface area (TPSA) is 142 Å². The van der Waals surface area contributed by atoms with Crippen LogP contribution in [-0.2, 0) is 9.47 Å². The highest BCUT2D eigenvalue weighted by atomic mass is 35.5. The van der Waals surface area contributed by atoms with E-state index in [4.69, 9.17) is 26.3 Å². The number of azide groups is 2. The quantitative estimate of drug-likeness (QED) is 0.469. The van der Waals surface area contributed by atoms with Gasteiger partial charge in [0.2, 0.25) is 0 Å². The van der Waals surface area contributed by atoms with Crippen LogP contribution in [0.25, 0.3) is 20.9 Å². The van der Waals surface area contributed by atoms with Crippen LogP contribution >= 0.6 is 12.4 Å². The Balaban J connectivity index is 0.000000392. The van der Waals surface area contributed by atoms with Gasteiger partial charge in [-0.3, -0.25) is 0 Å². The van der Waals surface area contributed by atoms with Gasteiger partial charge in [0.05, 0.1) is 31.4 Å². The highest BCUT2D eigenvalue weighted by Gasteiger charge is 2.36. The molecule has 0 amide bonds. The van der Waals surface area contributed by atoms with E-state index in [2.05, 4.69) is 20.1 Å².